The van der Waals surface area contributed by atoms with E-state index in [4.69, 9.17) is 11.6 Å². The van der Waals surface area contributed by atoms with Crippen molar-refractivity contribution in [2.24, 2.45) is 0 Å². The molecule has 0 aliphatic heterocycles. The monoisotopic (exact) mass is 294 g/mol. The highest BCUT2D eigenvalue weighted by molar-refractivity contribution is 9.10. The van der Waals surface area contributed by atoms with E-state index in [0.29, 0.717) is 10.6 Å². The average Bonchev–Trinajstić information content (AvgIpc) is 2.20. The molecular weight excluding hydrogens is 286 g/mol. The van der Waals surface area contributed by atoms with Crippen LogP contribution in [-0.4, -0.2) is 17.9 Å². The summed E-state index contributed by atoms with van der Waals surface area (Å²) in [7, 11) is 1.29. The number of methoxy groups -OCH3 is 1. The third kappa shape index (κ3) is 3.47. The van der Waals surface area contributed by atoms with Crippen LogP contribution < -0.4 is 0 Å². The van der Waals surface area contributed by atoms with Crippen molar-refractivity contribution >= 4 is 33.5 Å². The summed E-state index contributed by atoms with van der Waals surface area (Å²) in [6.45, 7) is 0. The normalized spacial score (nSPS) is 12.3. The van der Waals surface area contributed by atoms with Gasteiger partial charge in [0.1, 0.15) is 10.6 Å². The van der Waals surface area contributed by atoms with Crippen LogP contribution in [0.1, 0.15) is 5.56 Å². The standard InChI is InChI=1S/C10H9BrClFO2/c1-15-10(14)8(11)4-6-2-3-7(12)5-9(6)13/h2-3,5,8H,4H2,1H3. The minimum absolute atomic E-state index is 0.232. The molecule has 0 fully saturated rings. The lowest BCUT2D eigenvalue weighted by Crippen LogP contribution is -2.18. The van der Waals surface area contributed by atoms with E-state index in [0.717, 1.165) is 0 Å². The minimum atomic E-state index is -0.543. The molecular formula is C10H9BrClFO2. The third-order valence-corrected chi connectivity index (χ3v) is 2.80. The second-order valence-corrected chi connectivity index (χ2v) is 4.47. The van der Waals surface area contributed by atoms with Gasteiger partial charge in [0.25, 0.3) is 0 Å². The molecule has 15 heavy (non-hydrogen) atoms. The molecule has 5 heteroatoms. The lowest BCUT2D eigenvalue weighted by atomic mass is 10.1. The summed E-state index contributed by atoms with van der Waals surface area (Å²) in [4.78, 5) is 10.5. The zero-order chi connectivity index (χ0) is 11.4. The highest BCUT2D eigenvalue weighted by Crippen LogP contribution is 2.18. The van der Waals surface area contributed by atoms with E-state index < -0.39 is 16.6 Å². The Morgan fingerprint density at radius 1 is 1.67 bits per heavy atom. The van der Waals surface area contributed by atoms with E-state index in [9.17, 15) is 9.18 Å². The van der Waals surface area contributed by atoms with Gasteiger partial charge in [-0.1, -0.05) is 33.6 Å². The molecule has 1 aromatic rings. The third-order valence-electron chi connectivity index (χ3n) is 1.87. The first-order chi connectivity index (χ1) is 7.04. The van der Waals surface area contributed by atoms with Gasteiger partial charge in [-0.25, -0.2) is 4.39 Å². The minimum Gasteiger partial charge on any atom is -0.468 e. The largest absolute Gasteiger partial charge is 0.468 e. The first-order valence-corrected chi connectivity index (χ1v) is 5.49. The molecule has 0 amide bonds. The first kappa shape index (κ1) is 12.5. The maximum Gasteiger partial charge on any atom is 0.319 e. The average molecular weight is 296 g/mol. The summed E-state index contributed by atoms with van der Waals surface area (Å²) in [6, 6.07) is 4.35. The summed E-state index contributed by atoms with van der Waals surface area (Å²) >= 11 is 8.72. The molecule has 0 saturated heterocycles. The molecule has 0 N–H and O–H groups in total. The van der Waals surface area contributed by atoms with Gasteiger partial charge in [-0.15, -0.1) is 0 Å². The number of hydrogen-bond acceptors (Lipinski definition) is 2. The fourth-order valence-corrected chi connectivity index (χ4v) is 1.79. The van der Waals surface area contributed by atoms with Gasteiger partial charge in [-0.3, -0.25) is 4.79 Å². The Kier molecular flexibility index (Phi) is 4.54. The maximum atomic E-state index is 13.3. The number of carbonyl (C=O) groups is 1. The summed E-state index contributed by atoms with van der Waals surface area (Å²) in [6.07, 6.45) is 0.232. The molecule has 0 aromatic heterocycles. The van der Waals surface area contributed by atoms with E-state index in [2.05, 4.69) is 20.7 Å². The summed E-state index contributed by atoms with van der Waals surface area (Å²) in [5.74, 6) is -0.847. The van der Waals surface area contributed by atoms with Crippen LogP contribution in [0.4, 0.5) is 4.39 Å². The molecule has 0 saturated carbocycles. The molecule has 1 atom stereocenters. The zero-order valence-corrected chi connectivity index (χ0v) is 10.3. The molecule has 0 bridgehead atoms. The molecule has 0 aliphatic carbocycles. The smallest absolute Gasteiger partial charge is 0.319 e. The van der Waals surface area contributed by atoms with Crippen molar-refractivity contribution in [3.05, 3.63) is 34.6 Å². The maximum absolute atomic E-state index is 13.3. The number of alkyl halides is 1. The number of benzene rings is 1. The van der Waals surface area contributed by atoms with Crippen LogP contribution in [0.5, 0.6) is 0 Å². The molecule has 2 nitrogen and oxygen atoms in total. The summed E-state index contributed by atoms with van der Waals surface area (Å²) < 4.78 is 17.8. The van der Waals surface area contributed by atoms with Gasteiger partial charge in [0.15, 0.2) is 0 Å². The van der Waals surface area contributed by atoms with Crippen molar-refractivity contribution in [3.8, 4) is 0 Å². The molecule has 0 spiro atoms. The predicted octanol–water partition coefficient (Wildman–Crippen LogP) is 2.96. The lowest BCUT2D eigenvalue weighted by molar-refractivity contribution is -0.139. The van der Waals surface area contributed by atoms with Crippen LogP contribution >= 0.6 is 27.5 Å². The lowest BCUT2D eigenvalue weighted by Gasteiger charge is -2.08. The SMILES string of the molecule is COC(=O)C(Br)Cc1ccc(Cl)cc1F. The number of hydrogen-bond donors (Lipinski definition) is 0. The van der Waals surface area contributed by atoms with Crippen LogP contribution in [-0.2, 0) is 16.0 Å². The van der Waals surface area contributed by atoms with Crippen molar-refractivity contribution in [2.45, 2.75) is 11.2 Å². The second kappa shape index (κ2) is 5.47. The van der Waals surface area contributed by atoms with Crippen LogP contribution in [0.15, 0.2) is 18.2 Å². The Labute approximate surface area is 101 Å². The van der Waals surface area contributed by atoms with Gasteiger partial charge in [0.05, 0.1) is 7.11 Å². The van der Waals surface area contributed by atoms with Crippen LogP contribution in [0.25, 0.3) is 0 Å². The van der Waals surface area contributed by atoms with E-state index in [1.54, 1.807) is 12.1 Å². The number of carbonyl (C=O) groups excluding carboxylic acids is 1. The summed E-state index contributed by atoms with van der Waals surface area (Å²) in [5, 5.41) is 0.334. The van der Waals surface area contributed by atoms with Crippen molar-refractivity contribution < 1.29 is 13.9 Å². The van der Waals surface area contributed by atoms with E-state index in [1.807, 2.05) is 0 Å². The fraction of sp³-hybridized carbons (Fsp3) is 0.300. The topological polar surface area (TPSA) is 26.3 Å². The highest BCUT2D eigenvalue weighted by Gasteiger charge is 2.17. The van der Waals surface area contributed by atoms with Gasteiger partial charge >= 0.3 is 5.97 Å². The van der Waals surface area contributed by atoms with Crippen molar-refractivity contribution in [1.82, 2.24) is 0 Å². The Balaban J connectivity index is 2.76. The first-order valence-electron chi connectivity index (χ1n) is 4.20. The molecule has 0 heterocycles. The Morgan fingerprint density at radius 2 is 2.33 bits per heavy atom. The molecule has 0 radical (unpaired) electrons. The fourth-order valence-electron chi connectivity index (χ4n) is 1.09. The Bertz CT molecular complexity index is 370. The molecule has 1 rings (SSSR count). The van der Waals surface area contributed by atoms with E-state index in [-0.39, 0.29) is 6.42 Å². The number of rotatable bonds is 3. The Hall–Kier alpha value is -0.610. The molecule has 82 valence electrons. The Morgan fingerprint density at radius 3 is 2.87 bits per heavy atom. The van der Waals surface area contributed by atoms with Gasteiger partial charge in [0.2, 0.25) is 0 Å². The van der Waals surface area contributed by atoms with Gasteiger partial charge < -0.3 is 4.74 Å². The number of esters is 1. The summed E-state index contributed by atoms with van der Waals surface area (Å²) in [5.41, 5.74) is 0.423. The van der Waals surface area contributed by atoms with E-state index in [1.165, 1.54) is 13.2 Å². The van der Waals surface area contributed by atoms with Gasteiger partial charge in [0, 0.05) is 5.02 Å². The van der Waals surface area contributed by atoms with Gasteiger partial charge in [-0.05, 0) is 24.1 Å². The highest BCUT2D eigenvalue weighted by atomic mass is 79.9. The van der Waals surface area contributed by atoms with Crippen LogP contribution in [0.2, 0.25) is 5.02 Å². The quantitative estimate of drug-likeness (QED) is 0.633. The van der Waals surface area contributed by atoms with Gasteiger partial charge in [-0.2, -0.15) is 0 Å². The van der Waals surface area contributed by atoms with Crippen LogP contribution in [0, 0.1) is 5.82 Å². The second-order valence-electron chi connectivity index (χ2n) is 2.93. The zero-order valence-electron chi connectivity index (χ0n) is 7.97. The molecule has 0 aliphatic rings. The van der Waals surface area contributed by atoms with Crippen molar-refractivity contribution in [3.63, 3.8) is 0 Å². The van der Waals surface area contributed by atoms with E-state index >= 15 is 0 Å². The molecule has 1 aromatic carbocycles. The number of ether oxygens (including phenoxy) is 1. The van der Waals surface area contributed by atoms with Crippen molar-refractivity contribution in [2.75, 3.05) is 7.11 Å². The van der Waals surface area contributed by atoms with Crippen molar-refractivity contribution in [1.29, 1.82) is 0 Å². The number of halogens is 3. The van der Waals surface area contributed by atoms with Crippen LogP contribution in [0.3, 0.4) is 0 Å². The predicted molar refractivity (Wildman–Crippen MR) is 59.8 cm³/mol. The molecule has 1 unspecified atom stereocenters.